The van der Waals surface area contributed by atoms with Crippen LogP contribution in [0, 0.1) is 5.92 Å². The largest absolute Gasteiger partial charge is 0.508 e. The molecule has 0 aromatic heterocycles. The number of likely N-dealkylation sites (tertiary alicyclic amines) is 1. The van der Waals surface area contributed by atoms with Gasteiger partial charge in [0.15, 0.2) is 0 Å². The molecule has 3 rings (SSSR count). The average Bonchev–Trinajstić information content (AvgIpc) is 3.99. The van der Waals surface area contributed by atoms with Crippen LogP contribution in [0.15, 0.2) is 24.3 Å². The van der Waals surface area contributed by atoms with Gasteiger partial charge < -0.3 is 73.2 Å². The first-order valence-electron chi connectivity index (χ1n) is 21.4. The summed E-state index contributed by atoms with van der Waals surface area (Å²) in [5.41, 5.74) is 0.451. The van der Waals surface area contributed by atoms with Crippen molar-refractivity contribution < 1.29 is 68.4 Å². The molecule has 0 bridgehead atoms. The zero-order chi connectivity index (χ0) is 48.4. The number of phenolic OH excluding ortho intramolecular Hbond substituents is 1. The number of carboxylic acid groups (broad SMARTS) is 1. The van der Waals surface area contributed by atoms with Crippen LogP contribution in [0.3, 0.4) is 0 Å². The zero-order valence-corrected chi connectivity index (χ0v) is 36.8. The van der Waals surface area contributed by atoms with Crippen LogP contribution in [0.25, 0.3) is 0 Å². The number of hydrogen-bond acceptors (Lipinski definition) is 14. The monoisotopic (exact) mass is 918 g/mol. The molecule has 2 aliphatic heterocycles. The van der Waals surface area contributed by atoms with Crippen molar-refractivity contribution >= 4 is 59.1 Å². The number of carboxylic acids is 1. The lowest BCUT2D eigenvalue weighted by Gasteiger charge is -2.26. The average molecular weight is 919 g/mol. The molecule has 13 N–H and O–H groups in total. The molecule has 0 radical (unpaired) electrons. The highest BCUT2D eigenvalue weighted by atomic mass is 16.4. The smallest absolute Gasteiger partial charge is 0.326 e. The fourth-order valence-electron chi connectivity index (χ4n) is 6.98. The Balaban J connectivity index is 1.53. The number of phenols is 1. The number of nitrogens with zero attached hydrogens (tertiary/aromatic N) is 1. The van der Waals surface area contributed by atoms with Gasteiger partial charge in [0.1, 0.15) is 48.0 Å². The highest BCUT2D eigenvalue weighted by Crippen LogP contribution is 2.21. The van der Waals surface area contributed by atoms with Gasteiger partial charge in [0.05, 0.1) is 32.3 Å². The van der Waals surface area contributed by atoms with E-state index < -0.39 is 122 Å². The Morgan fingerprint density at radius 1 is 0.662 bits per heavy atom. The first-order chi connectivity index (χ1) is 30.7. The van der Waals surface area contributed by atoms with Crippen molar-refractivity contribution in [3.63, 3.8) is 0 Å². The van der Waals surface area contributed by atoms with Crippen molar-refractivity contribution in [3.05, 3.63) is 29.8 Å². The van der Waals surface area contributed by atoms with Gasteiger partial charge >= 0.3 is 5.97 Å². The summed E-state index contributed by atoms with van der Waals surface area (Å²) in [6, 6.07) is -4.01. The summed E-state index contributed by atoms with van der Waals surface area (Å²) in [6.45, 7) is 4.06. The molecule has 2 heterocycles. The normalized spacial score (nSPS) is 18.4. The van der Waals surface area contributed by atoms with E-state index >= 15 is 0 Å². The molecule has 1 aromatic carbocycles. The quantitative estimate of drug-likeness (QED) is 0.0462. The van der Waals surface area contributed by atoms with E-state index in [4.69, 9.17) is 0 Å². The van der Waals surface area contributed by atoms with Crippen LogP contribution in [0.2, 0.25) is 0 Å². The molecule has 2 aliphatic rings. The summed E-state index contributed by atoms with van der Waals surface area (Å²) in [5.74, 6) is -8.60. The number of carbonyl (C=O) groups is 10. The Labute approximate surface area is 375 Å². The standard InChI is InChI=1S/C41H62N10O14/c1-21(2)15-28(41(64)65)49-38(61)29(19-52)47-33(56)18-43-36(59)27(16-24-9-11-25(54)12-10-24)48-35(58)23(4)46-37(60)30(20-53)50-34(57)22(3)45-32(55)17-44-39(62)31-8-6-14-51(31)40(63)26-7-5-13-42-26/h9-12,21-23,26-31,42,52-54H,5-8,13-20H2,1-4H3,(H,43,59)(H,44,62)(H,45,55)(H,46,60)(H,47,56)(H,48,58)(H,49,61)(H,50,57)(H,64,65)/t22-,23-,26-,27-,28-,29-,30-,31-/m0/s1. The molecule has 9 amide bonds. The lowest BCUT2D eigenvalue weighted by Crippen LogP contribution is -2.59. The van der Waals surface area contributed by atoms with E-state index in [9.17, 15) is 68.4 Å². The second-order valence-corrected chi connectivity index (χ2v) is 16.3. The Hall–Kier alpha value is -6.40. The summed E-state index contributed by atoms with van der Waals surface area (Å²) >= 11 is 0. The van der Waals surface area contributed by atoms with Gasteiger partial charge in [0, 0.05) is 13.0 Å². The van der Waals surface area contributed by atoms with Gasteiger partial charge in [-0.3, -0.25) is 43.2 Å². The topological polar surface area (TPSA) is 363 Å². The number of aliphatic carboxylic acids is 1. The molecule has 360 valence electrons. The number of nitrogens with one attached hydrogen (secondary N) is 9. The van der Waals surface area contributed by atoms with Gasteiger partial charge in [-0.05, 0) is 76.1 Å². The number of benzene rings is 1. The van der Waals surface area contributed by atoms with Crippen LogP contribution in [0.1, 0.15) is 65.4 Å². The summed E-state index contributed by atoms with van der Waals surface area (Å²) in [4.78, 5) is 130. The van der Waals surface area contributed by atoms with Crippen LogP contribution in [0.4, 0.5) is 0 Å². The molecule has 24 nitrogen and oxygen atoms in total. The molecule has 8 atom stereocenters. The minimum atomic E-state index is -1.61. The minimum Gasteiger partial charge on any atom is -0.508 e. The maximum atomic E-state index is 13.4. The molecule has 0 unspecified atom stereocenters. The summed E-state index contributed by atoms with van der Waals surface area (Å²) in [6.07, 6.45) is 2.48. The van der Waals surface area contributed by atoms with E-state index in [1.165, 1.54) is 43.0 Å². The lowest BCUT2D eigenvalue weighted by atomic mass is 10.0. The van der Waals surface area contributed by atoms with E-state index in [-0.39, 0.29) is 36.5 Å². The fraction of sp³-hybridized carbons (Fsp3) is 0.610. The fourth-order valence-corrected chi connectivity index (χ4v) is 6.98. The first-order valence-corrected chi connectivity index (χ1v) is 21.4. The highest BCUT2D eigenvalue weighted by Gasteiger charge is 2.38. The zero-order valence-electron chi connectivity index (χ0n) is 36.8. The van der Waals surface area contributed by atoms with E-state index in [0.29, 0.717) is 37.9 Å². The van der Waals surface area contributed by atoms with E-state index in [1.807, 2.05) is 0 Å². The van der Waals surface area contributed by atoms with Crippen molar-refractivity contribution in [2.24, 2.45) is 5.92 Å². The SMILES string of the molecule is CC(C)C[C@H](NC(=O)[C@H](CO)NC(=O)CNC(=O)[C@H](Cc1ccc(O)cc1)NC(=O)[C@H](C)NC(=O)[C@H](CO)NC(=O)[C@H](C)NC(=O)CNC(=O)[C@@H]1CCCN1C(=O)[C@@H]1CCCN1)C(=O)O. The second-order valence-electron chi connectivity index (χ2n) is 16.3. The highest BCUT2D eigenvalue weighted by molar-refractivity contribution is 5.97. The lowest BCUT2D eigenvalue weighted by molar-refractivity contribution is -0.143. The molecule has 2 fully saturated rings. The molecule has 1 aromatic rings. The second kappa shape index (κ2) is 25.8. The Morgan fingerprint density at radius 3 is 1.80 bits per heavy atom. The Kier molecular flexibility index (Phi) is 21.0. The van der Waals surface area contributed by atoms with Gasteiger partial charge in [-0.15, -0.1) is 0 Å². The molecule has 0 aliphatic carbocycles. The number of amides is 9. The number of hydrogen-bond donors (Lipinski definition) is 13. The number of aliphatic hydroxyl groups excluding tert-OH is 2. The number of carbonyl (C=O) groups excluding carboxylic acids is 9. The van der Waals surface area contributed by atoms with Gasteiger partial charge in [0.2, 0.25) is 53.2 Å². The van der Waals surface area contributed by atoms with E-state index in [2.05, 4.69) is 47.9 Å². The molecule has 0 spiro atoms. The minimum absolute atomic E-state index is 0.0774. The maximum Gasteiger partial charge on any atom is 0.326 e. The predicted molar refractivity (Wildman–Crippen MR) is 228 cm³/mol. The molecule has 0 saturated carbocycles. The summed E-state index contributed by atoms with van der Waals surface area (Å²) in [5, 5.41) is 60.6. The van der Waals surface area contributed by atoms with Crippen molar-refractivity contribution in [2.45, 2.75) is 115 Å². The van der Waals surface area contributed by atoms with Crippen molar-refractivity contribution in [1.29, 1.82) is 0 Å². The third-order valence-corrected chi connectivity index (χ3v) is 10.5. The molecular formula is C41H62N10O14. The van der Waals surface area contributed by atoms with Crippen molar-refractivity contribution in [1.82, 2.24) is 52.8 Å². The Bertz CT molecular complexity index is 1880. The van der Waals surface area contributed by atoms with E-state index in [1.54, 1.807) is 13.8 Å². The van der Waals surface area contributed by atoms with Crippen LogP contribution in [-0.2, 0) is 54.4 Å². The number of aromatic hydroxyl groups is 1. The summed E-state index contributed by atoms with van der Waals surface area (Å²) < 4.78 is 0. The predicted octanol–water partition coefficient (Wildman–Crippen LogP) is -5.03. The first kappa shape index (κ1) is 52.9. The third kappa shape index (κ3) is 16.9. The van der Waals surface area contributed by atoms with Gasteiger partial charge in [-0.25, -0.2) is 4.79 Å². The van der Waals surface area contributed by atoms with Gasteiger partial charge in [-0.2, -0.15) is 0 Å². The molecule has 24 heteroatoms. The van der Waals surface area contributed by atoms with Crippen molar-refractivity contribution in [2.75, 3.05) is 39.4 Å². The van der Waals surface area contributed by atoms with Crippen LogP contribution >= 0.6 is 0 Å². The van der Waals surface area contributed by atoms with Crippen molar-refractivity contribution in [3.8, 4) is 5.75 Å². The third-order valence-electron chi connectivity index (χ3n) is 10.5. The summed E-state index contributed by atoms with van der Waals surface area (Å²) in [7, 11) is 0. The van der Waals surface area contributed by atoms with Gasteiger partial charge in [0.25, 0.3) is 0 Å². The molecule has 65 heavy (non-hydrogen) atoms. The van der Waals surface area contributed by atoms with E-state index in [0.717, 1.165) is 6.42 Å². The van der Waals surface area contributed by atoms with Crippen LogP contribution in [0.5, 0.6) is 5.75 Å². The van der Waals surface area contributed by atoms with Crippen LogP contribution in [-0.4, -0.2) is 172 Å². The molecule has 2 saturated heterocycles. The number of rotatable bonds is 24. The maximum absolute atomic E-state index is 13.4. The van der Waals surface area contributed by atoms with Gasteiger partial charge in [-0.1, -0.05) is 26.0 Å². The Morgan fingerprint density at radius 2 is 1.22 bits per heavy atom. The molecular weight excluding hydrogens is 857 g/mol. The number of aliphatic hydroxyl groups is 2. The van der Waals surface area contributed by atoms with Crippen LogP contribution < -0.4 is 47.9 Å².